The lowest BCUT2D eigenvalue weighted by Gasteiger charge is -2.09. The minimum absolute atomic E-state index is 1.08. The van der Waals surface area contributed by atoms with E-state index in [1.807, 2.05) is 6.07 Å². The van der Waals surface area contributed by atoms with Gasteiger partial charge in [0.25, 0.3) is 0 Å². The molecule has 0 unspecified atom stereocenters. The largest absolute Gasteiger partial charge is 0.248 e. The molecule has 0 fully saturated rings. The molecule has 0 aliphatic heterocycles. The number of hydrogen-bond donors (Lipinski definition) is 0. The summed E-state index contributed by atoms with van der Waals surface area (Å²) in [6.45, 7) is 6.49. The second-order valence-electron chi connectivity index (χ2n) is 4.70. The molecule has 0 bridgehead atoms. The van der Waals surface area contributed by atoms with Gasteiger partial charge in [-0.2, -0.15) is 0 Å². The summed E-state index contributed by atoms with van der Waals surface area (Å²) < 4.78 is 0. The zero-order chi connectivity index (χ0) is 12.0. The fourth-order valence-corrected chi connectivity index (χ4v) is 2.36. The first-order valence-corrected chi connectivity index (χ1v) is 5.93. The fourth-order valence-electron chi connectivity index (χ4n) is 2.36. The highest BCUT2D eigenvalue weighted by Crippen LogP contribution is 2.26. The molecule has 0 aliphatic carbocycles. The number of pyridine rings is 1. The molecule has 0 atom stereocenters. The summed E-state index contributed by atoms with van der Waals surface area (Å²) in [4.78, 5) is 4.78. The number of aromatic nitrogens is 1. The minimum Gasteiger partial charge on any atom is -0.248 e. The van der Waals surface area contributed by atoms with Crippen molar-refractivity contribution in [2.45, 2.75) is 20.8 Å². The maximum Gasteiger partial charge on any atom is 0.0741 e. The van der Waals surface area contributed by atoms with Gasteiger partial charge in [0.1, 0.15) is 0 Å². The zero-order valence-corrected chi connectivity index (χ0v) is 10.4. The van der Waals surface area contributed by atoms with Gasteiger partial charge in [0.15, 0.2) is 0 Å². The summed E-state index contributed by atoms with van der Waals surface area (Å²) in [7, 11) is 0. The summed E-state index contributed by atoms with van der Waals surface area (Å²) in [6, 6.07) is 12.8. The zero-order valence-electron chi connectivity index (χ0n) is 10.4. The van der Waals surface area contributed by atoms with Crippen LogP contribution in [0.25, 0.3) is 21.8 Å². The maximum atomic E-state index is 4.78. The highest BCUT2D eigenvalue weighted by atomic mass is 14.7. The Morgan fingerprint density at radius 3 is 2.41 bits per heavy atom. The van der Waals surface area contributed by atoms with E-state index in [9.17, 15) is 0 Å². The van der Waals surface area contributed by atoms with Crippen LogP contribution in [-0.2, 0) is 0 Å². The Hall–Kier alpha value is -1.89. The topological polar surface area (TPSA) is 12.9 Å². The van der Waals surface area contributed by atoms with Crippen LogP contribution in [-0.4, -0.2) is 4.98 Å². The number of rotatable bonds is 0. The van der Waals surface area contributed by atoms with E-state index < -0.39 is 0 Å². The van der Waals surface area contributed by atoms with Crippen LogP contribution in [0.2, 0.25) is 0 Å². The van der Waals surface area contributed by atoms with Gasteiger partial charge in [0.2, 0.25) is 0 Å². The van der Waals surface area contributed by atoms with Crippen molar-refractivity contribution in [2.75, 3.05) is 0 Å². The lowest BCUT2D eigenvalue weighted by molar-refractivity contribution is 1.28. The first-order chi connectivity index (χ1) is 8.16. The monoisotopic (exact) mass is 221 g/mol. The predicted molar refractivity (Wildman–Crippen MR) is 73.5 cm³/mol. The first-order valence-electron chi connectivity index (χ1n) is 5.93. The van der Waals surface area contributed by atoms with Crippen LogP contribution < -0.4 is 0 Å². The molecule has 17 heavy (non-hydrogen) atoms. The van der Waals surface area contributed by atoms with Crippen molar-refractivity contribution in [3.8, 4) is 0 Å². The third-order valence-electron chi connectivity index (χ3n) is 3.63. The molecule has 2 aromatic carbocycles. The Morgan fingerprint density at radius 2 is 1.59 bits per heavy atom. The van der Waals surface area contributed by atoms with Gasteiger partial charge in [-0.05, 0) is 55.7 Å². The summed E-state index contributed by atoms with van der Waals surface area (Å²) >= 11 is 0. The van der Waals surface area contributed by atoms with E-state index in [2.05, 4.69) is 51.1 Å². The van der Waals surface area contributed by atoms with E-state index in [1.165, 1.54) is 27.5 Å². The average Bonchev–Trinajstić information content (AvgIpc) is 2.34. The Kier molecular flexibility index (Phi) is 2.15. The molecule has 3 aromatic rings. The molecule has 3 rings (SSSR count). The van der Waals surface area contributed by atoms with Crippen LogP contribution in [0, 0.1) is 20.8 Å². The van der Waals surface area contributed by atoms with E-state index >= 15 is 0 Å². The normalized spacial score (nSPS) is 11.2. The van der Waals surface area contributed by atoms with E-state index in [-0.39, 0.29) is 0 Å². The quantitative estimate of drug-likeness (QED) is 0.515. The third-order valence-corrected chi connectivity index (χ3v) is 3.63. The molecule has 0 saturated heterocycles. The van der Waals surface area contributed by atoms with Gasteiger partial charge in [0.05, 0.1) is 11.0 Å². The lowest BCUT2D eigenvalue weighted by atomic mass is 9.99. The van der Waals surface area contributed by atoms with Crippen molar-refractivity contribution in [3.05, 3.63) is 53.1 Å². The van der Waals surface area contributed by atoms with E-state index in [0.29, 0.717) is 0 Å². The lowest BCUT2D eigenvalue weighted by Crippen LogP contribution is -1.92. The maximum absolute atomic E-state index is 4.78. The minimum atomic E-state index is 1.08. The van der Waals surface area contributed by atoms with E-state index in [4.69, 9.17) is 4.98 Å². The SMILES string of the molecule is Cc1cc2cc3ccccc3nc2c(C)c1C. The molecule has 84 valence electrons. The molecular weight excluding hydrogens is 206 g/mol. The highest BCUT2D eigenvalue weighted by Gasteiger charge is 2.06. The average molecular weight is 221 g/mol. The van der Waals surface area contributed by atoms with Crippen molar-refractivity contribution in [2.24, 2.45) is 0 Å². The van der Waals surface area contributed by atoms with Gasteiger partial charge in [-0.25, -0.2) is 4.98 Å². The van der Waals surface area contributed by atoms with Gasteiger partial charge in [-0.15, -0.1) is 0 Å². The number of hydrogen-bond acceptors (Lipinski definition) is 1. The number of aryl methyl sites for hydroxylation is 2. The second kappa shape index (κ2) is 3.56. The van der Waals surface area contributed by atoms with Crippen molar-refractivity contribution < 1.29 is 0 Å². The summed E-state index contributed by atoms with van der Waals surface area (Å²) in [5, 5.41) is 2.45. The van der Waals surface area contributed by atoms with Crippen LogP contribution in [0.5, 0.6) is 0 Å². The molecule has 0 amide bonds. The molecule has 0 spiro atoms. The molecule has 0 saturated carbocycles. The highest BCUT2D eigenvalue weighted by molar-refractivity contribution is 5.94. The van der Waals surface area contributed by atoms with Crippen molar-refractivity contribution in [3.63, 3.8) is 0 Å². The van der Waals surface area contributed by atoms with Crippen LogP contribution in [0.3, 0.4) is 0 Å². The molecular formula is C16H15N. The molecule has 0 radical (unpaired) electrons. The molecule has 1 aromatic heterocycles. The van der Waals surface area contributed by atoms with Crippen molar-refractivity contribution in [1.82, 2.24) is 4.98 Å². The van der Waals surface area contributed by atoms with Crippen LogP contribution in [0.15, 0.2) is 36.4 Å². The van der Waals surface area contributed by atoms with E-state index in [1.54, 1.807) is 0 Å². The van der Waals surface area contributed by atoms with Gasteiger partial charge in [-0.3, -0.25) is 0 Å². The third kappa shape index (κ3) is 1.50. The second-order valence-corrected chi connectivity index (χ2v) is 4.70. The van der Waals surface area contributed by atoms with Gasteiger partial charge in [-0.1, -0.05) is 18.2 Å². The summed E-state index contributed by atoms with van der Waals surface area (Å²) in [5.41, 5.74) is 6.19. The van der Waals surface area contributed by atoms with E-state index in [0.717, 1.165) is 11.0 Å². The molecule has 0 aliphatic rings. The Labute approximate surface area is 101 Å². The Bertz CT molecular complexity index is 726. The smallest absolute Gasteiger partial charge is 0.0741 e. The molecule has 1 heterocycles. The molecule has 1 nitrogen and oxygen atoms in total. The summed E-state index contributed by atoms with van der Waals surface area (Å²) in [5.74, 6) is 0. The van der Waals surface area contributed by atoms with Gasteiger partial charge in [0, 0.05) is 10.8 Å². The Morgan fingerprint density at radius 1 is 0.824 bits per heavy atom. The molecule has 1 heteroatoms. The van der Waals surface area contributed by atoms with Crippen LogP contribution in [0.1, 0.15) is 16.7 Å². The van der Waals surface area contributed by atoms with Crippen LogP contribution >= 0.6 is 0 Å². The van der Waals surface area contributed by atoms with Gasteiger partial charge >= 0.3 is 0 Å². The fraction of sp³-hybridized carbons (Fsp3) is 0.188. The number of fused-ring (bicyclic) bond motifs is 2. The first kappa shape index (κ1) is 10.3. The number of nitrogens with zero attached hydrogens (tertiary/aromatic N) is 1. The predicted octanol–water partition coefficient (Wildman–Crippen LogP) is 4.31. The van der Waals surface area contributed by atoms with Gasteiger partial charge < -0.3 is 0 Å². The number of para-hydroxylation sites is 1. The molecule has 0 N–H and O–H groups in total. The Balaban J connectivity index is 2.52. The van der Waals surface area contributed by atoms with Crippen molar-refractivity contribution >= 4 is 21.8 Å². The standard InChI is InChI=1S/C16H15N/c1-10-8-14-9-13-6-4-5-7-15(13)17-16(14)12(3)11(10)2/h4-9H,1-3H3. The van der Waals surface area contributed by atoms with Crippen molar-refractivity contribution in [1.29, 1.82) is 0 Å². The summed E-state index contributed by atoms with van der Waals surface area (Å²) in [6.07, 6.45) is 0. The number of benzene rings is 2. The van der Waals surface area contributed by atoms with Crippen LogP contribution in [0.4, 0.5) is 0 Å².